The molecule has 0 aliphatic heterocycles. The monoisotopic (exact) mass is 328 g/mol. The third kappa shape index (κ3) is 5.96. The van der Waals surface area contributed by atoms with E-state index in [1.807, 2.05) is 0 Å². The lowest BCUT2D eigenvalue weighted by molar-refractivity contribution is -0.129. The fourth-order valence-electron chi connectivity index (χ4n) is 1.55. The number of carbonyl (C=O) groups is 1. The molecule has 19 heavy (non-hydrogen) atoms. The lowest BCUT2D eigenvalue weighted by atomic mass is 10.2. The molecule has 0 aromatic rings. The van der Waals surface area contributed by atoms with Crippen molar-refractivity contribution in [3.63, 3.8) is 0 Å². The SMILES string of the molecule is C=C(C)C(=O)OS(CC)(CCCCCC)P(O)(O)=S. The van der Waals surface area contributed by atoms with Crippen LogP contribution in [0.1, 0.15) is 46.5 Å². The first kappa shape index (κ1) is 19.1. The van der Waals surface area contributed by atoms with Crippen molar-refractivity contribution in [3.8, 4) is 0 Å². The minimum Gasteiger partial charge on any atom is -0.403 e. The first-order valence-corrected chi connectivity index (χ1v) is 11.6. The van der Waals surface area contributed by atoms with Gasteiger partial charge in [-0.3, -0.25) is 0 Å². The number of carbonyl (C=O) groups excluding carboxylic acids is 1. The highest BCUT2D eigenvalue weighted by Crippen LogP contribution is 2.78. The van der Waals surface area contributed by atoms with Crippen LogP contribution in [0.5, 0.6) is 0 Å². The quantitative estimate of drug-likeness (QED) is 0.384. The first-order valence-electron chi connectivity index (χ1n) is 6.44. The Labute approximate surface area is 122 Å². The molecule has 2 N–H and O–H groups in total. The Morgan fingerprint density at radius 1 is 1.32 bits per heavy atom. The summed E-state index contributed by atoms with van der Waals surface area (Å²) in [6, 6.07) is 0. The summed E-state index contributed by atoms with van der Waals surface area (Å²) < 4.78 is 5.38. The van der Waals surface area contributed by atoms with Crippen molar-refractivity contribution in [1.29, 1.82) is 0 Å². The van der Waals surface area contributed by atoms with Crippen molar-refractivity contribution in [2.75, 3.05) is 11.5 Å². The van der Waals surface area contributed by atoms with E-state index in [-0.39, 0.29) is 5.57 Å². The van der Waals surface area contributed by atoms with Crippen molar-refractivity contribution < 1.29 is 18.8 Å². The zero-order valence-corrected chi connectivity index (χ0v) is 14.5. The number of hydrogen-bond acceptors (Lipinski definition) is 3. The summed E-state index contributed by atoms with van der Waals surface area (Å²) in [4.78, 5) is 31.6. The van der Waals surface area contributed by atoms with Crippen LogP contribution in [0, 0.1) is 0 Å². The summed E-state index contributed by atoms with van der Waals surface area (Å²) in [7, 11) is -2.35. The number of rotatable bonds is 9. The van der Waals surface area contributed by atoms with Gasteiger partial charge in [-0.1, -0.05) is 39.7 Å². The van der Waals surface area contributed by atoms with Gasteiger partial charge in [-0.05, 0) is 35.1 Å². The van der Waals surface area contributed by atoms with Crippen molar-refractivity contribution in [2.24, 2.45) is 0 Å². The molecule has 1 atom stereocenters. The van der Waals surface area contributed by atoms with Gasteiger partial charge in [0.25, 0.3) is 5.69 Å². The second kappa shape index (κ2) is 8.42. The number of unbranched alkanes of at least 4 members (excludes halogenated alkanes) is 3. The van der Waals surface area contributed by atoms with E-state index in [0.29, 0.717) is 11.5 Å². The van der Waals surface area contributed by atoms with Gasteiger partial charge in [-0.2, -0.15) is 0 Å². The minimum absolute atomic E-state index is 0.252. The van der Waals surface area contributed by atoms with Crippen LogP contribution in [0.2, 0.25) is 0 Å². The Bertz CT molecular complexity index is 367. The van der Waals surface area contributed by atoms with E-state index in [4.69, 9.17) is 16.0 Å². The molecule has 0 fully saturated rings. The third-order valence-electron chi connectivity index (χ3n) is 2.78. The molecule has 114 valence electrons. The second-order valence-corrected chi connectivity index (χ2v) is 13.9. The molecule has 4 nitrogen and oxygen atoms in total. The highest BCUT2D eigenvalue weighted by Gasteiger charge is 2.39. The molecule has 0 heterocycles. The van der Waals surface area contributed by atoms with Crippen molar-refractivity contribution in [1.82, 2.24) is 0 Å². The zero-order chi connectivity index (χ0) is 15.1. The van der Waals surface area contributed by atoms with E-state index in [1.54, 1.807) is 6.92 Å². The van der Waals surface area contributed by atoms with Gasteiger partial charge in [0, 0.05) is 17.1 Å². The standard InChI is InChI=1S/C12H25O4PS2/c1-5-7-8-9-10-19(6-2,17(14,15)18)16-12(13)11(3)4/h3,5-10H2,1-2,4H3,(H2,14,15,18). The normalized spacial score (nSPS) is 16.5. The van der Waals surface area contributed by atoms with Crippen LogP contribution >= 0.6 is 15.6 Å². The van der Waals surface area contributed by atoms with E-state index in [9.17, 15) is 14.6 Å². The molecule has 0 bridgehead atoms. The first-order chi connectivity index (χ1) is 8.70. The highest BCUT2D eigenvalue weighted by atomic mass is 33.0. The Kier molecular flexibility index (Phi) is 8.48. The molecule has 0 spiro atoms. The van der Waals surface area contributed by atoms with Gasteiger partial charge in [0.2, 0.25) is 0 Å². The molecule has 0 saturated heterocycles. The molecule has 0 radical (unpaired) electrons. The average Bonchev–Trinajstić information content (AvgIpc) is 2.31. The maximum Gasteiger partial charge on any atom is 0.343 e. The molecule has 7 heteroatoms. The topological polar surface area (TPSA) is 66.8 Å². The Balaban J connectivity index is 4.95. The van der Waals surface area contributed by atoms with Gasteiger partial charge < -0.3 is 14.0 Å². The van der Waals surface area contributed by atoms with E-state index in [0.717, 1.165) is 25.7 Å². The van der Waals surface area contributed by atoms with Gasteiger partial charge in [0.15, 0.2) is 0 Å². The van der Waals surface area contributed by atoms with Gasteiger partial charge in [0.05, 0.1) is 0 Å². The molecule has 0 aliphatic rings. The fourth-order valence-corrected chi connectivity index (χ4v) is 8.28. The molecule has 0 aliphatic carbocycles. The molecule has 1 unspecified atom stereocenters. The van der Waals surface area contributed by atoms with Crippen LogP contribution in [-0.4, -0.2) is 27.3 Å². The lowest BCUT2D eigenvalue weighted by Gasteiger charge is -2.40. The van der Waals surface area contributed by atoms with Gasteiger partial charge >= 0.3 is 5.97 Å². The van der Waals surface area contributed by atoms with Crippen molar-refractivity contribution in [2.45, 2.75) is 46.5 Å². The van der Waals surface area contributed by atoms with Crippen LogP contribution in [0.15, 0.2) is 12.2 Å². The molecule has 0 rings (SSSR count). The predicted octanol–water partition coefficient (Wildman–Crippen LogP) is 3.63. The second-order valence-electron chi connectivity index (χ2n) is 4.47. The fraction of sp³-hybridized carbons (Fsp3) is 0.750. The van der Waals surface area contributed by atoms with Crippen LogP contribution in [0.4, 0.5) is 0 Å². The molecular weight excluding hydrogens is 303 g/mol. The molecule has 0 aromatic carbocycles. The minimum atomic E-state index is -3.62. The average molecular weight is 328 g/mol. The lowest BCUT2D eigenvalue weighted by Crippen LogP contribution is -2.17. The molecule has 0 saturated carbocycles. The van der Waals surface area contributed by atoms with Crippen LogP contribution in [0.3, 0.4) is 0 Å². The van der Waals surface area contributed by atoms with Crippen LogP contribution < -0.4 is 0 Å². The predicted molar refractivity (Wildman–Crippen MR) is 86.8 cm³/mol. The summed E-state index contributed by atoms with van der Waals surface area (Å²) in [6.07, 6.45) is 3.94. The van der Waals surface area contributed by atoms with E-state index in [2.05, 4.69) is 13.5 Å². The molecule has 0 amide bonds. The summed E-state index contributed by atoms with van der Waals surface area (Å²) in [5.41, 5.74) is -3.36. The van der Waals surface area contributed by atoms with Gasteiger partial charge in [-0.25, -0.2) is 4.79 Å². The van der Waals surface area contributed by atoms with Crippen LogP contribution in [0.25, 0.3) is 0 Å². The maximum absolute atomic E-state index is 11.7. The Morgan fingerprint density at radius 2 is 1.89 bits per heavy atom. The largest absolute Gasteiger partial charge is 0.403 e. The highest BCUT2D eigenvalue weighted by molar-refractivity contribution is 8.83. The summed E-state index contributed by atoms with van der Waals surface area (Å²) in [5, 5.41) is 0. The van der Waals surface area contributed by atoms with E-state index in [1.165, 1.54) is 6.92 Å². The molecule has 0 aromatic heterocycles. The van der Waals surface area contributed by atoms with Gasteiger partial charge in [0.1, 0.15) is 0 Å². The van der Waals surface area contributed by atoms with E-state index >= 15 is 0 Å². The Morgan fingerprint density at radius 3 is 2.26 bits per heavy atom. The maximum atomic E-state index is 11.7. The molecular formula is C12H25O4PS2. The van der Waals surface area contributed by atoms with Crippen LogP contribution in [-0.2, 0) is 20.8 Å². The zero-order valence-electron chi connectivity index (χ0n) is 11.9. The summed E-state index contributed by atoms with van der Waals surface area (Å²) in [5.74, 6) is 0.263. The van der Waals surface area contributed by atoms with Crippen molar-refractivity contribution in [3.05, 3.63) is 12.2 Å². The smallest absolute Gasteiger partial charge is 0.343 e. The van der Waals surface area contributed by atoms with E-state index < -0.39 is 21.6 Å². The number of hydrogen-bond donors (Lipinski definition) is 2. The van der Waals surface area contributed by atoms with Crippen molar-refractivity contribution >= 4 is 33.4 Å². The van der Waals surface area contributed by atoms with Gasteiger partial charge in [-0.15, -0.1) is 0 Å². The third-order valence-corrected chi connectivity index (χ3v) is 12.5. The summed E-state index contributed by atoms with van der Waals surface area (Å²) in [6.45, 7) is 8.95. The summed E-state index contributed by atoms with van der Waals surface area (Å²) >= 11 is 4.85. The Hall–Kier alpha value is 0.130.